The predicted octanol–water partition coefficient (Wildman–Crippen LogP) is 2.47. The molecule has 4 rings (SSSR count). The number of pyridine rings is 1. The number of benzene rings is 1. The molecule has 0 aliphatic rings. The monoisotopic (exact) mass is 353 g/mol. The summed E-state index contributed by atoms with van der Waals surface area (Å²) in [5.41, 5.74) is 1.82. The van der Waals surface area contributed by atoms with Crippen molar-refractivity contribution in [2.45, 2.75) is 12.1 Å². The minimum atomic E-state index is -0.171. The van der Waals surface area contributed by atoms with E-state index >= 15 is 0 Å². The Hall–Kier alpha value is -2.87. The molecule has 25 heavy (non-hydrogen) atoms. The van der Waals surface area contributed by atoms with Crippen molar-refractivity contribution in [1.82, 2.24) is 24.1 Å². The van der Waals surface area contributed by atoms with Crippen LogP contribution in [-0.2, 0) is 0 Å². The van der Waals surface area contributed by atoms with E-state index in [4.69, 9.17) is 4.74 Å². The van der Waals surface area contributed by atoms with Crippen LogP contribution in [0.3, 0.4) is 0 Å². The van der Waals surface area contributed by atoms with Gasteiger partial charge in [-0.25, -0.2) is 4.98 Å². The molecule has 0 saturated carbocycles. The lowest BCUT2D eigenvalue weighted by atomic mass is 10.2. The number of nitrogens with zero attached hydrogens (tertiary/aromatic N) is 5. The van der Waals surface area contributed by atoms with Gasteiger partial charge in [0.25, 0.3) is 11.3 Å². The third-order valence-electron chi connectivity index (χ3n) is 4.03. The maximum atomic E-state index is 13.1. The highest BCUT2D eigenvalue weighted by atomic mass is 32.2. The Kier molecular flexibility index (Phi) is 3.69. The standard InChI is InChI=1S/C17H15N5O2S/c1-10-14-12(22-16(18-10)19-17(20-22)25-3)8-9-21(15(14)23)11-6-4-5-7-13(11)24-2/h4-9H,1-3H3. The van der Waals surface area contributed by atoms with Crippen LogP contribution in [0.25, 0.3) is 22.4 Å². The van der Waals surface area contributed by atoms with Crippen molar-refractivity contribution in [3.8, 4) is 11.4 Å². The quantitative estimate of drug-likeness (QED) is 0.527. The van der Waals surface area contributed by atoms with E-state index < -0.39 is 0 Å². The maximum Gasteiger partial charge on any atom is 0.266 e. The molecule has 0 bridgehead atoms. The molecule has 1 aromatic carbocycles. The normalized spacial score (nSPS) is 11.3. The first kappa shape index (κ1) is 15.6. The fourth-order valence-electron chi connectivity index (χ4n) is 2.87. The van der Waals surface area contributed by atoms with Gasteiger partial charge >= 0.3 is 0 Å². The first-order chi connectivity index (χ1) is 12.1. The number of aromatic nitrogens is 5. The van der Waals surface area contributed by atoms with Gasteiger partial charge in [-0.2, -0.15) is 9.50 Å². The number of rotatable bonds is 3. The average molecular weight is 353 g/mol. The topological polar surface area (TPSA) is 74.3 Å². The molecule has 0 saturated heterocycles. The molecule has 0 N–H and O–H groups in total. The Labute approximate surface area is 147 Å². The van der Waals surface area contributed by atoms with Crippen molar-refractivity contribution in [1.29, 1.82) is 0 Å². The molecule has 0 atom stereocenters. The third-order valence-corrected chi connectivity index (χ3v) is 4.56. The van der Waals surface area contributed by atoms with Crippen LogP contribution in [0.2, 0.25) is 0 Å². The van der Waals surface area contributed by atoms with Gasteiger partial charge in [-0.05, 0) is 31.4 Å². The Bertz CT molecular complexity index is 1170. The van der Waals surface area contributed by atoms with E-state index in [1.807, 2.05) is 43.5 Å². The van der Waals surface area contributed by atoms with Crippen LogP contribution in [0.5, 0.6) is 5.75 Å². The molecular formula is C17H15N5O2S. The molecule has 4 aromatic rings. The number of methoxy groups -OCH3 is 1. The van der Waals surface area contributed by atoms with Crippen LogP contribution in [0.4, 0.5) is 0 Å². The van der Waals surface area contributed by atoms with Crippen molar-refractivity contribution < 1.29 is 4.74 Å². The van der Waals surface area contributed by atoms with Crippen molar-refractivity contribution in [2.24, 2.45) is 0 Å². The number of ether oxygens (including phenoxy) is 1. The third kappa shape index (κ3) is 2.37. The predicted molar refractivity (Wildman–Crippen MR) is 97.0 cm³/mol. The summed E-state index contributed by atoms with van der Waals surface area (Å²) >= 11 is 1.44. The summed E-state index contributed by atoms with van der Waals surface area (Å²) < 4.78 is 8.56. The van der Waals surface area contributed by atoms with E-state index in [1.165, 1.54) is 11.8 Å². The average Bonchev–Trinajstić information content (AvgIpc) is 3.05. The Morgan fingerprint density at radius 1 is 1.16 bits per heavy atom. The summed E-state index contributed by atoms with van der Waals surface area (Å²) in [4.78, 5) is 21.9. The number of thioether (sulfide) groups is 1. The fraction of sp³-hybridized carbons (Fsp3) is 0.176. The smallest absolute Gasteiger partial charge is 0.266 e. The number of fused-ring (bicyclic) bond motifs is 3. The zero-order chi connectivity index (χ0) is 17.6. The fourth-order valence-corrected chi connectivity index (χ4v) is 3.21. The molecule has 0 unspecified atom stereocenters. The van der Waals surface area contributed by atoms with Gasteiger partial charge in [0.15, 0.2) is 0 Å². The number of hydrogen-bond acceptors (Lipinski definition) is 6. The summed E-state index contributed by atoms with van der Waals surface area (Å²) in [7, 11) is 1.58. The molecule has 0 fully saturated rings. The van der Waals surface area contributed by atoms with Gasteiger partial charge in [0, 0.05) is 6.20 Å². The molecular weight excluding hydrogens is 338 g/mol. The van der Waals surface area contributed by atoms with E-state index in [-0.39, 0.29) is 5.56 Å². The SMILES string of the molecule is COc1ccccc1-n1ccc2c(c(C)nc3nc(SC)nn32)c1=O. The molecule has 0 spiro atoms. The lowest BCUT2D eigenvalue weighted by Gasteiger charge is -2.12. The van der Waals surface area contributed by atoms with Crippen molar-refractivity contribution in [2.75, 3.05) is 13.4 Å². The number of para-hydroxylation sites is 2. The minimum absolute atomic E-state index is 0.171. The lowest BCUT2D eigenvalue weighted by molar-refractivity contribution is 0.412. The Balaban J connectivity index is 2.08. The second-order valence-corrected chi connectivity index (χ2v) is 6.20. The maximum absolute atomic E-state index is 13.1. The molecule has 0 aliphatic carbocycles. The molecule has 0 amide bonds. The van der Waals surface area contributed by atoms with Crippen LogP contribution >= 0.6 is 11.8 Å². The van der Waals surface area contributed by atoms with Crippen LogP contribution in [0.1, 0.15) is 5.69 Å². The van der Waals surface area contributed by atoms with Gasteiger partial charge in [0.2, 0.25) is 5.16 Å². The zero-order valence-corrected chi connectivity index (χ0v) is 14.7. The summed E-state index contributed by atoms with van der Waals surface area (Å²) in [6.07, 6.45) is 3.63. The number of aryl methyl sites for hydroxylation is 1. The Morgan fingerprint density at radius 3 is 2.72 bits per heavy atom. The number of hydrogen-bond donors (Lipinski definition) is 0. The minimum Gasteiger partial charge on any atom is -0.495 e. The van der Waals surface area contributed by atoms with Gasteiger partial charge in [-0.15, -0.1) is 5.10 Å². The van der Waals surface area contributed by atoms with Gasteiger partial charge in [0.05, 0.1) is 29.4 Å². The van der Waals surface area contributed by atoms with Gasteiger partial charge in [-0.3, -0.25) is 9.36 Å². The van der Waals surface area contributed by atoms with Crippen LogP contribution < -0.4 is 10.3 Å². The molecule has 3 aromatic heterocycles. The molecule has 7 nitrogen and oxygen atoms in total. The molecule has 0 aliphatic heterocycles. The molecule has 0 radical (unpaired) electrons. The first-order valence-corrected chi connectivity index (χ1v) is 8.82. The Morgan fingerprint density at radius 2 is 1.96 bits per heavy atom. The second kappa shape index (κ2) is 5.89. The van der Waals surface area contributed by atoms with Crippen molar-refractivity contribution in [3.63, 3.8) is 0 Å². The summed E-state index contributed by atoms with van der Waals surface area (Å²) in [5.74, 6) is 1.12. The van der Waals surface area contributed by atoms with Gasteiger partial charge < -0.3 is 4.74 Å². The van der Waals surface area contributed by atoms with Crippen LogP contribution in [0.15, 0.2) is 46.5 Å². The molecule has 3 heterocycles. The molecule has 8 heteroatoms. The van der Waals surface area contributed by atoms with Gasteiger partial charge in [-0.1, -0.05) is 23.9 Å². The van der Waals surface area contributed by atoms with Crippen LogP contribution in [-0.4, -0.2) is 37.5 Å². The van der Waals surface area contributed by atoms with E-state index in [1.54, 1.807) is 22.4 Å². The van der Waals surface area contributed by atoms with Crippen molar-refractivity contribution >= 4 is 28.4 Å². The van der Waals surface area contributed by atoms with E-state index in [0.717, 1.165) is 0 Å². The lowest BCUT2D eigenvalue weighted by Crippen LogP contribution is -2.20. The van der Waals surface area contributed by atoms with Crippen LogP contribution in [0, 0.1) is 6.92 Å². The summed E-state index contributed by atoms with van der Waals surface area (Å²) in [5, 5.41) is 5.54. The summed E-state index contributed by atoms with van der Waals surface area (Å²) in [6.45, 7) is 1.81. The zero-order valence-electron chi connectivity index (χ0n) is 13.9. The largest absolute Gasteiger partial charge is 0.495 e. The van der Waals surface area contributed by atoms with E-state index in [2.05, 4.69) is 15.1 Å². The van der Waals surface area contributed by atoms with Gasteiger partial charge in [0.1, 0.15) is 5.75 Å². The van der Waals surface area contributed by atoms with E-state index in [9.17, 15) is 4.79 Å². The van der Waals surface area contributed by atoms with Crippen molar-refractivity contribution in [3.05, 3.63) is 52.6 Å². The second-order valence-electron chi connectivity index (χ2n) is 5.43. The molecule has 126 valence electrons. The summed E-state index contributed by atoms with van der Waals surface area (Å²) in [6, 6.07) is 9.25. The highest BCUT2D eigenvalue weighted by Gasteiger charge is 2.16. The van der Waals surface area contributed by atoms with E-state index in [0.29, 0.717) is 39.0 Å². The first-order valence-electron chi connectivity index (χ1n) is 7.60. The highest BCUT2D eigenvalue weighted by molar-refractivity contribution is 7.98. The highest BCUT2D eigenvalue weighted by Crippen LogP contribution is 2.23.